The first-order valence-corrected chi connectivity index (χ1v) is 8.07. The van der Waals surface area contributed by atoms with E-state index in [1.807, 2.05) is 40.7 Å². The molecule has 0 N–H and O–H groups in total. The molecule has 24 heavy (non-hydrogen) atoms. The molecule has 4 rings (SSSR count). The van der Waals surface area contributed by atoms with Crippen LogP contribution in [0.25, 0.3) is 5.78 Å². The van der Waals surface area contributed by atoms with Gasteiger partial charge >= 0.3 is 0 Å². The van der Waals surface area contributed by atoms with Crippen molar-refractivity contribution in [2.24, 2.45) is 0 Å². The lowest BCUT2D eigenvalue weighted by Gasteiger charge is -2.33. The van der Waals surface area contributed by atoms with Gasteiger partial charge in [-0.25, -0.2) is 4.98 Å². The van der Waals surface area contributed by atoms with E-state index >= 15 is 0 Å². The Kier molecular flexibility index (Phi) is 3.45. The summed E-state index contributed by atoms with van der Waals surface area (Å²) in [7, 11) is 0. The minimum Gasteiger partial charge on any atom is -0.311 e. The topological polar surface area (TPSA) is 59.6 Å². The number of carbonyl (C=O) groups is 1. The highest BCUT2D eigenvalue weighted by atomic mass is 16.2. The number of rotatable bonds is 2. The second-order valence-corrected chi connectivity index (χ2v) is 6.15. The van der Waals surface area contributed by atoms with Gasteiger partial charge < -0.3 is 9.47 Å². The van der Waals surface area contributed by atoms with Crippen molar-refractivity contribution in [3.8, 4) is 0 Å². The number of nitrogens with zero attached hydrogens (tertiary/aromatic N) is 4. The van der Waals surface area contributed by atoms with Crippen LogP contribution in [-0.4, -0.2) is 26.4 Å². The number of benzene rings is 1. The molecule has 3 aromatic rings. The van der Waals surface area contributed by atoms with Gasteiger partial charge in [-0.15, -0.1) is 0 Å². The molecule has 1 aliphatic rings. The Bertz CT molecular complexity index is 972. The molecular formula is C18H18N4O2. The second kappa shape index (κ2) is 5.63. The van der Waals surface area contributed by atoms with Gasteiger partial charge in [-0.3, -0.25) is 14.0 Å². The quantitative estimate of drug-likeness (QED) is 0.726. The van der Waals surface area contributed by atoms with Crippen molar-refractivity contribution in [1.29, 1.82) is 0 Å². The summed E-state index contributed by atoms with van der Waals surface area (Å²) in [5.74, 6) is 0.551. The number of anilines is 1. The zero-order valence-corrected chi connectivity index (χ0v) is 13.4. The highest BCUT2D eigenvalue weighted by Crippen LogP contribution is 2.28. The molecule has 0 spiro atoms. The van der Waals surface area contributed by atoms with E-state index in [1.165, 1.54) is 16.7 Å². The van der Waals surface area contributed by atoms with Crippen LogP contribution >= 0.6 is 0 Å². The Labute approximate surface area is 139 Å². The number of hydrogen-bond donors (Lipinski definition) is 0. The third-order valence-corrected chi connectivity index (χ3v) is 4.53. The fraction of sp³-hybridized carbons (Fsp3) is 0.278. The average Bonchev–Trinajstić information content (AvgIpc) is 3.00. The molecule has 122 valence electrons. The van der Waals surface area contributed by atoms with Crippen LogP contribution in [0.5, 0.6) is 0 Å². The number of hydrogen-bond acceptors (Lipinski definition) is 3. The predicted molar refractivity (Wildman–Crippen MR) is 91.3 cm³/mol. The van der Waals surface area contributed by atoms with Crippen molar-refractivity contribution in [3.05, 3.63) is 64.8 Å². The fourth-order valence-electron chi connectivity index (χ4n) is 3.35. The highest BCUT2D eigenvalue weighted by Gasteiger charge is 2.32. The maximum absolute atomic E-state index is 13.1. The number of aryl methyl sites for hydroxylation is 1. The summed E-state index contributed by atoms with van der Waals surface area (Å²) < 4.78 is 3.28. The molecular weight excluding hydrogens is 304 g/mol. The molecule has 6 nitrogen and oxygen atoms in total. The van der Waals surface area contributed by atoms with Crippen LogP contribution in [0, 0.1) is 6.92 Å². The summed E-state index contributed by atoms with van der Waals surface area (Å²) in [6, 6.07) is 9.05. The minimum atomic E-state index is -0.335. The maximum atomic E-state index is 13.1. The van der Waals surface area contributed by atoms with Gasteiger partial charge in [-0.2, -0.15) is 0 Å². The van der Waals surface area contributed by atoms with Crippen molar-refractivity contribution in [1.82, 2.24) is 14.0 Å². The minimum absolute atomic E-state index is 0.0445. The van der Waals surface area contributed by atoms with Crippen molar-refractivity contribution >= 4 is 17.4 Å². The normalized spacial score (nSPS) is 18.3. The smallest absolute Gasteiger partial charge is 0.258 e. The molecule has 1 aliphatic heterocycles. The standard InChI is InChI=1S/C18H18N4O2/c1-13-4-2-5-14(12-13)20-9-3-6-15(17(20)24)21-10-11-22-16(23)7-8-19-18(21)22/h2,4-5,7-8,10-12,15H,3,6,9H2,1H3. The molecule has 1 fully saturated rings. The van der Waals surface area contributed by atoms with Gasteiger partial charge in [0.15, 0.2) is 0 Å². The van der Waals surface area contributed by atoms with E-state index in [-0.39, 0.29) is 17.5 Å². The average molecular weight is 322 g/mol. The Balaban J connectivity index is 1.74. The van der Waals surface area contributed by atoms with Crippen LogP contribution in [0.3, 0.4) is 0 Å². The molecule has 3 heterocycles. The Morgan fingerprint density at radius 1 is 1.17 bits per heavy atom. The molecule has 0 bridgehead atoms. The number of carbonyl (C=O) groups excluding carboxylic acids is 1. The van der Waals surface area contributed by atoms with Crippen LogP contribution in [-0.2, 0) is 4.79 Å². The summed E-state index contributed by atoms with van der Waals surface area (Å²) in [6.45, 7) is 2.73. The van der Waals surface area contributed by atoms with Crippen LogP contribution in [0.15, 0.2) is 53.7 Å². The summed E-state index contributed by atoms with van der Waals surface area (Å²) in [4.78, 5) is 31.1. The fourth-order valence-corrected chi connectivity index (χ4v) is 3.35. The lowest BCUT2D eigenvalue weighted by Crippen LogP contribution is -2.42. The van der Waals surface area contributed by atoms with Gasteiger partial charge in [0.05, 0.1) is 0 Å². The van der Waals surface area contributed by atoms with E-state index < -0.39 is 0 Å². The van der Waals surface area contributed by atoms with Gasteiger partial charge in [0.1, 0.15) is 6.04 Å². The Morgan fingerprint density at radius 3 is 2.88 bits per heavy atom. The van der Waals surface area contributed by atoms with Gasteiger partial charge in [-0.05, 0) is 37.5 Å². The molecule has 0 saturated carbocycles. The van der Waals surface area contributed by atoms with E-state index in [9.17, 15) is 9.59 Å². The molecule has 6 heteroatoms. The first-order chi connectivity index (χ1) is 11.6. The summed E-state index contributed by atoms with van der Waals surface area (Å²) in [5.41, 5.74) is 1.91. The first-order valence-electron chi connectivity index (χ1n) is 8.07. The van der Waals surface area contributed by atoms with E-state index in [1.54, 1.807) is 12.4 Å². The number of imidazole rings is 1. The third kappa shape index (κ3) is 2.31. The number of aromatic nitrogens is 3. The largest absolute Gasteiger partial charge is 0.311 e. The molecule has 1 amide bonds. The molecule has 0 radical (unpaired) electrons. The lowest BCUT2D eigenvalue weighted by molar-refractivity contribution is -0.122. The van der Waals surface area contributed by atoms with Crippen LogP contribution < -0.4 is 10.5 Å². The van der Waals surface area contributed by atoms with Crippen molar-refractivity contribution in [2.45, 2.75) is 25.8 Å². The van der Waals surface area contributed by atoms with Crippen LogP contribution in [0.1, 0.15) is 24.4 Å². The van der Waals surface area contributed by atoms with Crippen molar-refractivity contribution in [2.75, 3.05) is 11.4 Å². The summed E-state index contributed by atoms with van der Waals surface area (Å²) in [5, 5.41) is 0. The van der Waals surface area contributed by atoms with Crippen LogP contribution in [0.4, 0.5) is 5.69 Å². The van der Waals surface area contributed by atoms with E-state index in [4.69, 9.17) is 0 Å². The first kappa shape index (κ1) is 14.7. The molecule has 1 aromatic carbocycles. The zero-order valence-electron chi connectivity index (χ0n) is 13.4. The van der Waals surface area contributed by atoms with Gasteiger partial charge in [0.25, 0.3) is 5.56 Å². The Morgan fingerprint density at radius 2 is 2.04 bits per heavy atom. The molecule has 1 saturated heterocycles. The van der Waals surface area contributed by atoms with Gasteiger partial charge in [0, 0.05) is 36.9 Å². The number of piperidine rings is 1. The summed E-state index contributed by atoms with van der Waals surface area (Å²) in [6.07, 6.45) is 6.58. The van der Waals surface area contributed by atoms with Crippen LogP contribution in [0.2, 0.25) is 0 Å². The number of fused-ring (bicyclic) bond motifs is 1. The number of amides is 1. The maximum Gasteiger partial charge on any atom is 0.258 e. The predicted octanol–water partition coefficient (Wildman–Crippen LogP) is 2.17. The van der Waals surface area contributed by atoms with Gasteiger partial charge in [-0.1, -0.05) is 12.1 Å². The monoisotopic (exact) mass is 322 g/mol. The molecule has 0 aliphatic carbocycles. The van der Waals surface area contributed by atoms with E-state index in [2.05, 4.69) is 4.98 Å². The Hall–Kier alpha value is -2.89. The van der Waals surface area contributed by atoms with Crippen molar-refractivity contribution in [3.63, 3.8) is 0 Å². The van der Waals surface area contributed by atoms with E-state index in [0.717, 1.165) is 24.1 Å². The third-order valence-electron chi connectivity index (χ3n) is 4.53. The lowest BCUT2D eigenvalue weighted by atomic mass is 10.0. The second-order valence-electron chi connectivity index (χ2n) is 6.15. The van der Waals surface area contributed by atoms with Gasteiger partial charge in [0.2, 0.25) is 11.7 Å². The zero-order chi connectivity index (χ0) is 16.7. The molecule has 1 unspecified atom stereocenters. The molecule has 2 aromatic heterocycles. The SMILES string of the molecule is Cc1cccc(N2CCCC(n3ccn4c(=O)ccnc34)C2=O)c1. The molecule has 1 atom stereocenters. The van der Waals surface area contributed by atoms with E-state index in [0.29, 0.717) is 12.3 Å². The highest BCUT2D eigenvalue weighted by molar-refractivity contribution is 5.97. The summed E-state index contributed by atoms with van der Waals surface area (Å²) >= 11 is 0. The van der Waals surface area contributed by atoms with Crippen molar-refractivity contribution < 1.29 is 4.79 Å².